The van der Waals surface area contributed by atoms with Crippen molar-refractivity contribution in [3.05, 3.63) is 78.2 Å². The molecule has 0 saturated carbocycles. The van der Waals surface area contributed by atoms with Crippen LogP contribution in [0.3, 0.4) is 0 Å². The van der Waals surface area contributed by atoms with Gasteiger partial charge in [-0.2, -0.15) is 4.98 Å². The quantitative estimate of drug-likeness (QED) is 0.508. The fraction of sp³-hybridized carbons (Fsp3) is 0.208. The summed E-state index contributed by atoms with van der Waals surface area (Å²) in [5, 5.41) is 6.37. The van der Waals surface area contributed by atoms with Gasteiger partial charge < -0.3 is 9.42 Å². The highest BCUT2D eigenvalue weighted by Crippen LogP contribution is 2.32. The number of anilines is 1. The van der Waals surface area contributed by atoms with Crippen LogP contribution in [0.4, 0.5) is 5.69 Å². The van der Waals surface area contributed by atoms with Crippen LogP contribution in [-0.4, -0.2) is 22.1 Å². The minimum atomic E-state index is 0.0901. The number of nitrogens with zero attached hydrogens (tertiary/aromatic N) is 3. The molecular weight excluding hydrogens is 362 g/mol. The van der Waals surface area contributed by atoms with Crippen molar-refractivity contribution in [1.29, 1.82) is 0 Å². The van der Waals surface area contributed by atoms with E-state index < -0.39 is 0 Å². The molecule has 1 atom stereocenters. The SMILES string of the molecule is C[C@@H]1Cc2ccccc2N1C(=O)CCc1nc(-c2cccc3ccccc23)no1. The van der Waals surface area contributed by atoms with Crippen LogP contribution in [0.5, 0.6) is 0 Å². The summed E-state index contributed by atoms with van der Waals surface area (Å²) in [6, 6.07) is 22.5. The Balaban J connectivity index is 1.33. The molecule has 1 aromatic heterocycles. The van der Waals surface area contributed by atoms with Crippen LogP contribution in [0.15, 0.2) is 71.3 Å². The molecule has 0 unspecified atom stereocenters. The van der Waals surface area contributed by atoms with Gasteiger partial charge in [-0.05, 0) is 35.7 Å². The molecule has 5 nitrogen and oxygen atoms in total. The van der Waals surface area contributed by atoms with Crippen LogP contribution in [-0.2, 0) is 17.6 Å². The zero-order valence-electron chi connectivity index (χ0n) is 16.2. The summed E-state index contributed by atoms with van der Waals surface area (Å²) < 4.78 is 5.45. The first kappa shape index (κ1) is 17.6. The number of aryl methyl sites for hydroxylation is 1. The van der Waals surface area contributed by atoms with Crippen LogP contribution in [0.1, 0.15) is 24.8 Å². The molecule has 0 fully saturated rings. The average Bonchev–Trinajstić information content (AvgIpc) is 3.35. The molecule has 144 valence electrons. The summed E-state index contributed by atoms with van der Waals surface area (Å²) in [7, 11) is 0. The van der Waals surface area contributed by atoms with Gasteiger partial charge in [0.15, 0.2) is 0 Å². The van der Waals surface area contributed by atoms with Crippen molar-refractivity contribution in [2.75, 3.05) is 4.90 Å². The summed E-state index contributed by atoms with van der Waals surface area (Å²) in [5.74, 6) is 1.14. The first-order chi connectivity index (χ1) is 14.2. The molecule has 4 aromatic rings. The molecule has 5 heteroatoms. The van der Waals surface area contributed by atoms with Crippen molar-refractivity contribution < 1.29 is 9.32 Å². The zero-order chi connectivity index (χ0) is 19.8. The van der Waals surface area contributed by atoms with Gasteiger partial charge in [-0.15, -0.1) is 0 Å². The second-order valence-electron chi connectivity index (χ2n) is 7.48. The number of hydrogen-bond donors (Lipinski definition) is 0. The Bertz CT molecular complexity index is 1190. The Morgan fingerprint density at radius 1 is 1.07 bits per heavy atom. The van der Waals surface area contributed by atoms with Crippen molar-refractivity contribution in [3.63, 3.8) is 0 Å². The maximum atomic E-state index is 12.9. The van der Waals surface area contributed by atoms with Gasteiger partial charge in [-0.1, -0.05) is 65.8 Å². The van der Waals surface area contributed by atoms with Crippen LogP contribution >= 0.6 is 0 Å². The van der Waals surface area contributed by atoms with Crippen molar-refractivity contribution in [1.82, 2.24) is 10.1 Å². The van der Waals surface area contributed by atoms with Gasteiger partial charge >= 0.3 is 0 Å². The maximum Gasteiger partial charge on any atom is 0.227 e. The van der Waals surface area contributed by atoms with E-state index in [1.165, 1.54) is 5.56 Å². The van der Waals surface area contributed by atoms with Gasteiger partial charge in [0.05, 0.1) is 0 Å². The number of benzene rings is 3. The Kier molecular flexibility index (Phi) is 4.35. The molecule has 0 bridgehead atoms. The summed E-state index contributed by atoms with van der Waals surface area (Å²) >= 11 is 0. The minimum absolute atomic E-state index is 0.0901. The molecule has 1 aliphatic heterocycles. The number of amides is 1. The molecular formula is C24H21N3O2. The van der Waals surface area contributed by atoms with E-state index in [0.717, 1.165) is 28.4 Å². The lowest BCUT2D eigenvalue weighted by Crippen LogP contribution is -2.35. The Hall–Kier alpha value is -3.47. The van der Waals surface area contributed by atoms with E-state index in [-0.39, 0.29) is 11.9 Å². The highest BCUT2D eigenvalue weighted by Gasteiger charge is 2.30. The standard InChI is InChI=1S/C24H21N3O2/c1-16-15-18-8-3-5-12-21(18)27(16)23(28)14-13-22-25-24(26-29-22)20-11-6-9-17-7-2-4-10-19(17)20/h2-12,16H,13-15H2,1H3/t16-/m1/s1. The van der Waals surface area contributed by atoms with E-state index in [2.05, 4.69) is 41.3 Å². The zero-order valence-corrected chi connectivity index (χ0v) is 16.2. The minimum Gasteiger partial charge on any atom is -0.339 e. The lowest BCUT2D eigenvalue weighted by Gasteiger charge is -2.22. The fourth-order valence-electron chi connectivity index (χ4n) is 4.17. The van der Waals surface area contributed by atoms with Crippen LogP contribution in [0.2, 0.25) is 0 Å². The number of carbonyl (C=O) groups is 1. The van der Waals surface area contributed by atoms with E-state index in [1.807, 2.05) is 47.4 Å². The summed E-state index contributed by atoms with van der Waals surface area (Å²) in [4.78, 5) is 19.3. The molecule has 5 rings (SSSR count). The number of hydrogen-bond acceptors (Lipinski definition) is 4. The third-order valence-corrected chi connectivity index (χ3v) is 5.53. The van der Waals surface area contributed by atoms with E-state index in [1.54, 1.807) is 0 Å². The predicted octanol–water partition coefficient (Wildman–Crippen LogP) is 4.80. The van der Waals surface area contributed by atoms with Gasteiger partial charge in [0.25, 0.3) is 0 Å². The predicted molar refractivity (Wildman–Crippen MR) is 113 cm³/mol. The van der Waals surface area contributed by atoms with Gasteiger partial charge in [-0.3, -0.25) is 4.79 Å². The Morgan fingerprint density at radius 3 is 2.79 bits per heavy atom. The monoisotopic (exact) mass is 383 g/mol. The number of fused-ring (bicyclic) bond motifs is 2. The highest BCUT2D eigenvalue weighted by atomic mass is 16.5. The van der Waals surface area contributed by atoms with Crippen molar-refractivity contribution >= 4 is 22.4 Å². The first-order valence-corrected chi connectivity index (χ1v) is 9.91. The van der Waals surface area contributed by atoms with E-state index in [0.29, 0.717) is 24.6 Å². The smallest absolute Gasteiger partial charge is 0.227 e. The average molecular weight is 383 g/mol. The molecule has 0 N–H and O–H groups in total. The summed E-state index contributed by atoms with van der Waals surface area (Å²) in [5.41, 5.74) is 3.18. The van der Waals surface area contributed by atoms with Gasteiger partial charge in [0.1, 0.15) is 0 Å². The van der Waals surface area contributed by atoms with Crippen molar-refractivity contribution in [3.8, 4) is 11.4 Å². The largest absolute Gasteiger partial charge is 0.339 e. The maximum absolute atomic E-state index is 12.9. The molecule has 1 aliphatic rings. The molecule has 3 aromatic carbocycles. The first-order valence-electron chi connectivity index (χ1n) is 9.91. The normalized spacial score (nSPS) is 15.6. The second kappa shape index (κ2) is 7.17. The number of carbonyl (C=O) groups excluding carboxylic acids is 1. The molecule has 29 heavy (non-hydrogen) atoms. The third kappa shape index (κ3) is 3.18. The molecule has 0 spiro atoms. The van der Waals surface area contributed by atoms with Crippen molar-refractivity contribution in [2.45, 2.75) is 32.2 Å². The molecule has 0 radical (unpaired) electrons. The lowest BCUT2D eigenvalue weighted by molar-refractivity contribution is -0.118. The molecule has 2 heterocycles. The fourth-order valence-corrected chi connectivity index (χ4v) is 4.17. The topological polar surface area (TPSA) is 59.2 Å². The van der Waals surface area contributed by atoms with E-state index in [9.17, 15) is 4.79 Å². The lowest BCUT2D eigenvalue weighted by atomic mass is 10.0. The second-order valence-corrected chi connectivity index (χ2v) is 7.48. The number of aromatic nitrogens is 2. The van der Waals surface area contributed by atoms with Crippen LogP contribution in [0.25, 0.3) is 22.2 Å². The van der Waals surface area contributed by atoms with E-state index >= 15 is 0 Å². The van der Waals surface area contributed by atoms with Crippen molar-refractivity contribution in [2.24, 2.45) is 0 Å². The van der Waals surface area contributed by atoms with Gasteiger partial charge in [-0.25, -0.2) is 0 Å². The molecule has 0 saturated heterocycles. The number of para-hydroxylation sites is 1. The van der Waals surface area contributed by atoms with Gasteiger partial charge in [0, 0.05) is 30.1 Å². The van der Waals surface area contributed by atoms with E-state index in [4.69, 9.17) is 4.52 Å². The number of rotatable bonds is 4. The van der Waals surface area contributed by atoms with Crippen LogP contribution in [0, 0.1) is 0 Å². The molecule has 1 amide bonds. The Morgan fingerprint density at radius 2 is 1.86 bits per heavy atom. The summed E-state index contributed by atoms with van der Waals surface area (Å²) in [6.07, 6.45) is 1.67. The van der Waals surface area contributed by atoms with Gasteiger partial charge in [0.2, 0.25) is 17.6 Å². The Labute approximate surface area is 169 Å². The highest BCUT2D eigenvalue weighted by molar-refractivity contribution is 5.96. The third-order valence-electron chi connectivity index (χ3n) is 5.53. The molecule has 0 aliphatic carbocycles. The summed E-state index contributed by atoms with van der Waals surface area (Å²) in [6.45, 7) is 2.09. The van der Waals surface area contributed by atoms with Crippen LogP contribution < -0.4 is 4.90 Å².